The first-order chi connectivity index (χ1) is 10.9. The Morgan fingerprint density at radius 3 is 2.65 bits per heavy atom. The first-order valence-electron chi connectivity index (χ1n) is 6.90. The van der Waals surface area contributed by atoms with Gasteiger partial charge in [-0.25, -0.2) is 12.7 Å². The molecule has 3 rings (SSSR count). The zero-order valence-corrected chi connectivity index (χ0v) is 13.0. The Balaban J connectivity index is 1.76. The number of amides is 2. The van der Waals surface area contributed by atoms with E-state index in [0.717, 1.165) is 0 Å². The molecule has 7 nitrogen and oxygen atoms in total. The van der Waals surface area contributed by atoms with E-state index in [-0.39, 0.29) is 10.5 Å². The molecule has 2 heterocycles. The fourth-order valence-electron chi connectivity index (χ4n) is 2.41. The zero-order valence-electron chi connectivity index (χ0n) is 12.2. The molecule has 1 aliphatic heterocycles. The first kappa shape index (κ1) is 15.3. The van der Waals surface area contributed by atoms with E-state index in [4.69, 9.17) is 4.42 Å². The van der Waals surface area contributed by atoms with E-state index < -0.39 is 34.4 Å². The van der Waals surface area contributed by atoms with Crippen molar-refractivity contribution in [3.8, 4) is 0 Å². The number of hydrogen-bond donors (Lipinski definition) is 1. The van der Waals surface area contributed by atoms with E-state index >= 15 is 0 Å². The lowest BCUT2D eigenvalue weighted by Crippen LogP contribution is -2.41. The van der Waals surface area contributed by atoms with Crippen LogP contribution >= 0.6 is 0 Å². The molecule has 1 atom stereocenters. The molecule has 1 aromatic carbocycles. The molecule has 0 radical (unpaired) electrons. The van der Waals surface area contributed by atoms with Crippen molar-refractivity contribution in [3.63, 3.8) is 0 Å². The zero-order chi connectivity index (χ0) is 16.6. The highest BCUT2D eigenvalue weighted by Crippen LogP contribution is 2.29. The molecule has 1 unspecified atom stereocenters. The smallest absolute Gasteiger partial charge is 0.269 e. The quantitative estimate of drug-likeness (QED) is 0.909. The largest absolute Gasteiger partial charge is 0.467 e. The Bertz CT molecular complexity index is 858. The predicted octanol–water partition coefficient (Wildman–Crippen LogP) is 1.30. The minimum absolute atomic E-state index is 0.0723. The second-order valence-electron chi connectivity index (χ2n) is 5.12. The molecular formula is C15H14N2O5S. The topological polar surface area (TPSA) is 96.7 Å². The number of rotatable bonds is 4. The Hall–Kier alpha value is -2.61. The van der Waals surface area contributed by atoms with Crippen LogP contribution in [-0.4, -0.2) is 31.1 Å². The van der Waals surface area contributed by atoms with Crippen LogP contribution in [0.3, 0.4) is 0 Å². The fraction of sp³-hybridized carbons (Fsp3) is 0.200. The van der Waals surface area contributed by atoms with Gasteiger partial charge >= 0.3 is 0 Å². The number of furan rings is 1. The van der Waals surface area contributed by atoms with E-state index in [1.807, 2.05) is 0 Å². The number of carbonyl (C=O) groups is 2. The summed E-state index contributed by atoms with van der Waals surface area (Å²) in [4.78, 5) is 24.2. The molecule has 1 N–H and O–H groups in total. The third kappa shape index (κ3) is 2.61. The normalized spacial score (nSPS) is 16.9. The third-order valence-electron chi connectivity index (χ3n) is 3.55. The number of carbonyl (C=O) groups excluding carboxylic acids is 2. The van der Waals surface area contributed by atoms with Crippen LogP contribution in [0.5, 0.6) is 0 Å². The molecule has 0 saturated heterocycles. The predicted molar refractivity (Wildman–Crippen MR) is 79.9 cm³/mol. The van der Waals surface area contributed by atoms with Crippen molar-refractivity contribution in [1.29, 1.82) is 0 Å². The number of nitrogens with one attached hydrogen (secondary N) is 1. The lowest BCUT2D eigenvalue weighted by molar-refractivity contribution is -0.121. The number of fused-ring (bicyclic) bond motifs is 1. The number of sulfonamides is 1. The van der Waals surface area contributed by atoms with E-state index in [1.165, 1.54) is 24.5 Å². The summed E-state index contributed by atoms with van der Waals surface area (Å²) in [5, 5.41) is 2.60. The molecule has 23 heavy (non-hydrogen) atoms. The Morgan fingerprint density at radius 1 is 1.26 bits per heavy atom. The van der Waals surface area contributed by atoms with Gasteiger partial charge in [0.05, 0.1) is 17.9 Å². The summed E-state index contributed by atoms with van der Waals surface area (Å²) in [5.41, 5.74) is 0.0828. The van der Waals surface area contributed by atoms with Crippen LogP contribution < -0.4 is 5.32 Å². The van der Waals surface area contributed by atoms with Crippen molar-refractivity contribution >= 4 is 21.8 Å². The highest BCUT2D eigenvalue weighted by atomic mass is 32.2. The Labute approximate surface area is 132 Å². The summed E-state index contributed by atoms with van der Waals surface area (Å²) in [7, 11) is -3.98. The average molecular weight is 334 g/mol. The van der Waals surface area contributed by atoms with Gasteiger partial charge in [0.1, 0.15) is 17.2 Å². The van der Waals surface area contributed by atoms with Crippen molar-refractivity contribution in [2.75, 3.05) is 6.54 Å². The maximum Gasteiger partial charge on any atom is 0.269 e. The van der Waals surface area contributed by atoms with Crippen LogP contribution in [0.2, 0.25) is 0 Å². The van der Waals surface area contributed by atoms with Crippen LogP contribution in [0.4, 0.5) is 0 Å². The summed E-state index contributed by atoms with van der Waals surface area (Å²) in [6.45, 7) is 1.13. The van der Waals surface area contributed by atoms with Gasteiger partial charge in [0.15, 0.2) is 0 Å². The van der Waals surface area contributed by atoms with Crippen LogP contribution in [-0.2, 0) is 14.8 Å². The molecule has 1 aromatic heterocycles. The second kappa shape index (κ2) is 5.54. The van der Waals surface area contributed by atoms with Crippen LogP contribution in [0.1, 0.15) is 29.1 Å². The maximum absolute atomic E-state index is 12.4. The molecule has 120 valence electrons. The van der Waals surface area contributed by atoms with Gasteiger partial charge in [-0.3, -0.25) is 9.59 Å². The van der Waals surface area contributed by atoms with Gasteiger partial charge in [0, 0.05) is 0 Å². The molecule has 0 bridgehead atoms. The standard InChI is InChI=1S/C15H14N2O5S/c1-10(12-6-4-8-22-12)16-14(18)9-17-15(19)11-5-2-3-7-13(11)23(17,20)21/h2-8,10H,9H2,1H3,(H,16,18). The Morgan fingerprint density at radius 2 is 2.00 bits per heavy atom. The number of benzene rings is 1. The van der Waals surface area contributed by atoms with E-state index in [2.05, 4.69) is 5.32 Å². The summed E-state index contributed by atoms with van der Waals surface area (Å²) < 4.78 is 30.5. The number of hydrogen-bond acceptors (Lipinski definition) is 5. The lowest BCUT2D eigenvalue weighted by atomic mass is 10.2. The van der Waals surface area contributed by atoms with Gasteiger partial charge < -0.3 is 9.73 Å². The summed E-state index contributed by atoms with van der Waals surface area (Å²) >= 11 is 0. The Kier molecular flexibility index (Phi) is 3.69. The monoisotopic (exact) mass is 334 g/mol. The van der Waals surface area contributed by atoms with Crippen molar-refractivity contribution in [1.82, 2.24) is 9.62 Å². The fourth-order valence-corrected chi connectivity index (χ4v) is 3.94. The second-order valence-corrected chi connectivity index (χ2v) is 6.95. The molecule has 1 aliphatic rings. The molecule has 0 saturated carbocycles. The molecule has 2 aromatic rings. The lowest BCUT2D eigenvalue weighted by Gasteiger charge is -2.17. The van der Waals surface area contributed by atoms with Crippen molar-refractivity contribution in [2.45, 2.75) is 17.9 Å². The van der Waals surface area contributed by atoms with Crippen molar-refractivity contribution < 1.29 is 22.4 Å². The maximum atomic E-state index is 12.4. The highest BCUT2D eigenvalue weighted by Gasteiger charge is 2.41. The molecule has 0 aliphatic carbocycles. The van der Waals surface area contributed by atoms with Gasteiger partial charge in [-0.05, 0) is 31.2 Å². The van der Waals surface area contributed by atoms with E-state index in [9.17, 15) is 18.0 Å². The minimum atomic E-state index is -3.98. The van der Waals surface area contributed by atoms with Crippen molar-refractivity contribution in [3.05, 3.63) is 54.0 Å². The number of nitrogens with zero attached hydrogens (tertiary/aromatic N) is 1. The molecule has 0 spiro atoms. The first-order valence-corrected chi connectivity index (χ1v) is 8.34. The van der Waals surface area contributed by atoms with E-state index in [1.54, 1.807) is 25.1 Å². The highest BCUT2D eigenvalue weighted by molar-refractivity contribution is 7.90. The molecule has 2 amide bonds. The van der Waals surface area contributed by atoms with Crippen LogP contribution in [0.25, 0.3) is 0 Å². The van der Waals surface area contributed by atoms with Gasteiger partial charge in [0.2, 0.25) is 5.91 Å². The minimum Gasteiger partial charge on any atom is -0.467 e. The summed E-state index contributed by atoms with van der Waals surface area (Å²) in [6, 6.07) is 8.84. The van der Waals surface area contributed by atoms with E-state index in [0.29, 0.717) is 10.1 Å². The van der Waals surface area contributed by atoms with Crippen molar-refractivity contribution in [2.24, 2.45) is 0 Å². The molecule has 8 heteroatoms. The van der Waals surface area contributed by atoms with Gasteiger partial charge in [-0.2, -0.15) is 0 Å². The SMILES string of the molecule is CC(NC(=O)CN1C(=O)c2ccccc2S1(=O)=O)c1ccco1. The van der Waals surface area contributed by atoms with Crippen LogP contribution in [0, 0.1) is 0 Å². The average Bonchev–Trinajstić information content (AvgIpc) is 3.11. The molecule has 0 fully saturated rings. The summed E-state index contributed by atoms with van der Waals surface area (Å²) in [5.74, 6) is -0.739. The van der Waals surface area contributed by atoms with Gasteiger partial charge in [-0.1, -0.05) is 12.1 Å². The van der Waals surface area contributed by atoms with Crippen LogP contribution in [0.15, 0.2) is 52.0 Å². The molecular weight excluding hydrogens is 320 g/mol. The summed E-state index contributed by atoms with van der Waals surface area (Å²) in [6.07, 6.45) is 1.48. The van der Waals surface area contributed by atoms with Gasteiger partial charge in [-0.15, -0.1) is 0 Å². The third-order valence-corrected chi connectivity index (χ3v) is 5.33. The van der Waals surface area contributed by atoms with Gasteiger partial charge in [0.25, 0.3) is 15.9 Å².